The molecule has 0 aromatic heterocycles. The number of carbonyl (C=O) groups excluding carboxylic acids is 2. The van der Waals surface area contributed by atoms with Crippen molar-refractivity contribution in [2.75, 3.05) is 14.2 Å². The van der Waals surface area contributed by atoms with E-state index in [9.17, 15) is 9.59 Å². The van der Waals surface area contributed by atoms with E-state index in [4.69, 9.17) is 21.1 Å². The van der Waals surface area contributed by atoms with E-state index in [0.29, 0.717) is 10.6 Å². The average molecular weight is 449 g/mol. The predicted octanol–water partition coefficient (Wildman–Crippen LogP) is 6.08. The zero-order valence-electron chi connectivity index (χ0n) is 18.8. The zero-order valence-corrected chi connectivity index (χ0v) is 19.5. The molecule has 0 amide bonds. The second-order valence-corrected chi connectivity index (χ2v) is 8.03. The molecule has 0 atom stereocenters. The summed E-state index contributed by atoms with van der Waals surface area (Å²) in [4.78, 5) is 25.6. The Morgan fingerprint density at radius 2 is 1.50 bits per heavy atom. The van der Waals surface area contributed by atoms with E-state index in [1.165, 1.54) is 14.2 Å². The van der Waals surface area contributed by atoms with Gasteiger partial charge in [-0.05, 0) is 66.8 Å². The minimum atomic E-state index is -0.601. The lowest BCUT2D eigenvalue weighted by molar-refractivity contribution is -0.138. The molecule has 0 N–H and O–H groups in total. The molecule has 0 saturated heterocycles. The Morgan fingerprint density at radius 3 is 2.12 bits per heavy atom. The number of methoxy groups -OCH3 is 2. The zero-order chi connectivity index (χ0) is 23.4. The highest BCUT2D eigenvalue weighted by atomic mass is 35.5. The van der Waals surface area contributed by atoms with Gasteiger partial charge >= 0.3 is 11.9 Å². The highest BCUT2D eigenvalue weighted by Crippen LogP contribution is 2.40. The number of carbonyl (C=O) groups is 2. The lowest BCUT2D eigenvalue weighted by Crippen LogP contribution is -2.17. The number of hydrogen-bond acceptors (Lipinski definition) is 4. The van der Waals surface area contributed by atoms with Crippen LogP contribution in [0.5, 0.6) is 0 Å². The first-order valence-corrected chi connectivity index (χ1v) is 10.5. The third-order valence-corrected chi connectivity index (χ3v) is 5.54. The number of ether oxygens (including phenoxy) is 2. The topological polar surface area (TPSA) is 52.6 Å². The van der Waals surface area contributed by atoms with E-state index in [2.05, 4.69) is 6.08 Å². The molecule has 5 heteroatoms. The highest BCUT2D eigenvalue weighted by molar-refractivity contribution is 6.30. The van der Waals surface area contributed by atoms with Gasteiger partial charge in [0.25, 0.3) is 0 Å². The Bertz CT molecular complexity index is 1180. The van der Waals surface area contributed by atoms with E-state index in [0.717, 1.165) is 33.4 Å². The van der Waals surface area contributed by atoms with E-state index < -0.39 is 11.9 Å². The van der Waals surface area contributed by atoms with Gasteiger partial charge in [0.1, 0.15) is 0 Å². The quantitative estimate of drug-likeness (QED) is 0.523. The number of benzene rings is 1. The summed E-state index contributed by atoms with van der Waals surface area (Å²) in [6.45, 7) is 5.92. The fourth-order valence-electron chi connectivity index (χ4n) is 3.92. The van der Waals surface area contributed by atoms with Crippen LogP contribution < -0.4 is 0 Å². The molecule has 164 valence electrons. The molecule has 1 aromatic rings. The molecule has 2 aliphatic rings. The van der Waals surface area contributed by atoms with Gasteiger partial charge in [-0.3, -0.25) is 0 Å². The molecule has 0 aliphatic heterocycles. The molecule has 2 aliphatic carbocycles. The van der Waals surface area contributed by atoms with Crippen LogP contribution in [0.1, 0.15) is 26.3 Å². The smallest absolute Gasteiger partial charge is 0.339 e. The van der Waals surface area contributed by atoms with Crippen molar-refractivity contribution in [3.63, 3.8) is 0 Å². The second-order valence-electron chi connectivity index (χ2n) is 7.59. The number of fused-ring (bicyclic) bond motifs is 1. The van der Waals surface area contributed by atoms with Crippen LogP contribution in [0.2, 0.25) is 5.02 Å². The standard InChI is InChI=1S/C27H25ClO4/c1-16-14-17(2)23-20(9-6-19-7-11-21(28)12-8-19)10-13-22(26(29)31-4)25(27(30)32-5)24(23)18(3)15-16/h6-15H,1-5H3/b9-6+. The summed E-state index contributed by atoms with van der Waals surface area (Å²) in [7, 11) is 2.60. The number of hydrogen-bond donors (Lipinski definition) is 0. The van der Waals surface area contributed by atoms with Gasteiger partial charge in [0, 0.05) is 10.6 Å². The number of allylic oxidation sites excluding steroid dienone is 9. The first kappa shape index (κ1) is 23.3. The van der Waals surface area contributed by atoms with Crippen LogP contribution >= 0.6 is 11.6 Å². The molecular weight excluding hydrogens is 424 g/mol. The Kier molecular flexibility index (Phi) is 7.16. The van der Waals surface area contributed by atoms with Crippen LogP contribution in [-0.4, -0.2) is 26.2 Å². The minimum Gasteiger partial charge on any atom is -0.465 e. The lowest BCUT2D eigenvalue weighted by atomic mass is 9.86. The Morgan fingerprint density at radius 1 is 0.844 bits per heavy atom. The number of rotatable bonds is 4. The monoisotopic (exact) mass is 448 g/mol. The van der Waals surface area contributed by atoms with Gasteiger partial charge in [0.2, 0.25) is 0 Å². The van der Waals surface area contributed by atoms with Gasteiger partial charge in [-0.1, -0.05) is 59.7 Å². The molecule has 0 saturated carbocycles. The molecule has 0 heterocycles. The van der Waals surface area contributed by atoms with Gasteiger partial charge < -0.3 is 9.47 Å². The van der Waals surface area contributed by atoms with Gasteiger partial charge in [-0.25, -0.2) is 9.59 Å². The Labute approximate surface area is 193 Å². The van der Waals surface area contributed by atoms with Crippen molar-refractivity contribution in [1.29, 1.82) is 0 Å². The van der Waals surface area contributed by atoms with Crippen LogP contribution in [0.25, 0.3) is 6.08 Å². The van der Waals surface area contributed by atoms with Crippen LogP contribution in [0, 0.1) is 0 Å². The van der Waals surface area contributed by atoms with Crippen LogP contribution in [0.3, 0.4) is 0 Å². The first-order valence-electron chi connectivity index (χ1n) is 10.1. The van der Waals surface area contributed by atoms with Gasteiger partial charge in [0.15, 0.2) is 0 Å². The van der Waals surface area contributed by atoms with Gasteiger partial charge in [0.05, 0.1) is 25.4 Å². The van der Waals surface area contributed by atoms with Crippen molar-refractivity contribution in [1.82, 2.24) is 0 Å². The summed E-state index contributed by atoms with van der Waals surface area (Å²) in [5, 5.41) is 0.665. The molecule has 0 bridgehead atoms. The van der Waals surface area contributed by atoms with Crippen molar-refractivity contribution < 1.29 is 19.1 Å². The molecule has 0 spiro atoms. The van der Waals surface area contributed by atoms with E-state index >= 15 is 0 Å². The summed E-state index contributed by atoms with van der Waals surface area (Å²) in [5.41, 5.74) is 6.56. The highest BCUT2D eigenvalue weighted by Gasteiger charge is 2.31. The van der Waals surface area contributed by atoms with Crippen LogP contribution in [-0.2, 0) is 19.1 Å². The van der Waals surface area contributed by atoms with Crippen molar-refractivity contribution in [3.8, 4) is 0 Å². The molecule has 32 heavy (non-hydrogen) atoms. The predicted molar refractivity (Wildman–Crippen MR) is 128 cm³/mol. The first-order chi connectivity index (χ1) is 15.3. The molecular formula is C27H25ClO4. The molecule has 3 rings (SSSR count). The van der Waals surface area contributed by atoms with Crippen molar-refractivity contribution >= 4 is 29.6 Å². The summed E-state index contributed by atoms with van der Waals surface area (Å²) in [6.07, 6.45) is 11.4. The number of halogens is 1. The van der Waals surface area contributed by atoms with Crippen molar-refractivity contribution in [2.45, 2.75) is 20.8 Å². The van der Waals surface area contributed by atoms with Gasteiger partial charge in [-0.15, -0.1) is 0 Å². The van der Waals surface area contributed by atoms with E-state index in [1.807, 2.05) is 69.3 Å². The molecule has 4 nitrogen and oxygen atoms in total. The van der Waals surface area contributed by atoms with E-state index in [-0.39, 0.29) is 11.1 Å². The Hall–Kier alpha value is -3.37. The molecule has 1 aromatic carbocycles. The largest absolute Gasteiger partial charge is 0.465 e. The maximum atomic E-state index is 12.9. The van der Waals surface area contributed by atoms with Crippen molar-refractivity contribution in [3.05, 3.63) is 110 Å². The van der Waals surface area contributed by atoms with Crippen LogP contribution in [0.15, 0.2) is 99.2 Å². The molecule has 0 fully saturated rings. The summed E-state index contributed by atoms with van der Waals surface area (Å²) in [5.74, 6) is -1.19. The fraction of sp³-hybridized carbons (Fsp3) is 0.185. The fourth-order valence-corrected chi connectivity index (χ4v) is 4.05. The summed E-state index contributed by atoms with van der Waals surface area (Å²) >= 11 is 6.00. The summed E-state index contributed by atoms with van der Waals surface area (Å²) in [6, 6.07) is 7.50. The van der Waals surface area contributed by atoms with Crippen molar-refractivity contribution in [2.24, 2.45) is 0 Å². The minimum absolute atomic E-state index is 0.154. The van der Waals surface area contributed by atoms with Crippen LogP contribution in [0.4, 0.5) is 0 Å². The number of esters is 2. The molecule has 0 unspecified atom stereocenters. The molecule has 0 radical (unpaired) electrons. The third kappa shape index (κ3) is 4.76. The SMILES string of the molecule is COC(=O)C1=C(C(=O)OC)C2=C(C)C=C(C)C=C(C)C2=C(/C=C/c2ccc(Cl)cc2)C=C1. The maximum absolute atomic E-state index is 12.9. The summed E-state index contributed by atoms with van der Waals surface area (Å²) < 4.78 is 10.1. The lowest BCUT2D eigenvalue weighted by Gasteiger charge is -2.18. The Balaban J connectivity index is 2.33. The average Bonchev–Trinajstić information content (AvgIpc) is 3.00. The van der Waals surface area contributed by atoms with Gasteiger partial charge in [-0.2, -0.15) is 0 Å². The third-order valence-electron chi connectivity index (χ3n) is 5.28. The second kappa shape index (κ2) is 9.84. The van der Waals surface area contributed by atoms with E-state index in [1.54, 1.807) is 6.08 Å². The maximum Gasteiger partial charge on any atom is 0.339 e. The normalized spacial score (nSPS) is 16.4.